The van der Waals surface area contributed by atoms with Gasteiger partial charge in [-0.2, -0.15) is 5.10 Å². The normalized spacial score (nSPS) is 10.9. The van der Waals surface area contributed by atoms with Gasteiger partial charge < -0.3 is 4.74 Å². The Morgan fingerprint density at radius 1 is 1.17 bits per heavy atom. The van der Waals surface area contributed by atoms with Gasteiger partial charge in [0.2, 0.25) is 5.13 Å². The zero-order valence-electron chi connectivity index (χ0n) is 12.4. The van der Waals surface area contributed by atoms with Crippen LogP contribution >= 0.6 is 22.9 Å². The molecule has 1 heterocycles. The lowest BCUT2D eigenvalue weighted by Gasteiger charge is -2.02. The zero-order chi connectivity index (χ0) is 16.1. The minimum absolute atomic E-state index is 0.712. The number of hydrazone groups is 1. The molecule has 0 bridgehead atoms. The molecule has 6 heteroatoms. The average molecular weight is 344 g/mol. The van der Waals surface area contributed by atoms with Crippen LogP contribution in [-0.2, 0) is 0 Å². The van der Waals surface area contributed by atoms with Crippen LogP contribution in [0.1, 0.15) is 5.56 Å². The first kappa shape index (κ1) is 15.5. The van der Waals surface area contributed by atoms with E-state index >= 15 is 0 Å². The number of aromatic nitrogens is 1. The molecular weight excluding hydrogens is 330 g/mol. The first-order valence-electron chi connectivity index (χ1n) is 6.90. The summed E-state index contributed by atoms with van der Waals surface area (Å²) >= 11 is 7.39. The van der Waals surface area contributed by atoms with Crippen molar-refractivity contribution in [3.63, 3.8) is 0 Å². The van der Waals surface area contributed by atoms with Crippen molar-refractivity contribution in [1.29, 1.82) is 0 Å². The second-order valence-electron chi connectivity index (χ2n) is 4.66. The van der Waals surface area contributed by atoms with Crippen molar-refractivity contribution in [3.8, 4) is 17.0 Å². The van der Waals surface area contributed by atoms with E-state index in [1.54, 1.807) is 13.3 Å². The van der Waals surface area contributed by atoms with Crippen molar-refractivity contribution in [1.82, 2.24) is 4.98 Å². The number of methoxy groups -OCH3 is 1. The predicted octanol–water partition coefficient (Wildman–Crippen LogP) is 4.92. The third-order valence-corrected chi connectivity index (χ3v) is 4.15. The van der Waals surface area contributed by atoms with Crippen LogP contribution in [0.3, 0.4) is 0 Å². The van der Waals surface area contributed by atoms with Gasteiger partial charge in [-0.15, -0.1) is 11.3 Å². The van der Waals surface area contributed by atoms with Crippen LogP contribution < -0.4 is 10.2 Å². The maximum Gasteiger partial charge on any atom is 0.203 e. The lowest BCUT2D eigenvalue weighted by atomic mass is 10.2. The second kappa shape index (κ2) is 7.26. The van der Waals surface area contributed by atoms with E-state index in [0.717, 1.165) is 27.7 Å². The summed E-state index contributed by atoms with van der Waals surface area (Å²) in [5, 5.41) is 7.62. The highest BCUT2D eigenvalue weighted by Crippen LogP contribution is 2.26. The Bertz CT molecular complexity index is 815. The Morgan fingerprint density at radius 2 is 1.96 bits per heavy atom. The number of hydrogen-bond donors (Lipinski definition) is 1. The van der Waals surface area contributed by atoms with E-state index in [0.29, 0.717) is 5.02 Å². The molecule has 116 valence electrons. The fourth-order valence-corrected chi connectivity index (χ4v) is 2.80. The lowest BCUT2D eigenvalue weighted by Crippen LogP contribution is -1.93. The highest BCUT2D eigenvalue weighted by Gasteiger charge is 2.04. The van der Waals surface area contributed by atoms with Crippen LogP contribution in [0.25, 0.3) is 11.3 Å². The topological polar surface area (TPSA) is 46.5 Å². The molecule has 3 rings (SSSR count). The first-order valence-corrected chi connectivity index (χ1v) is 8.15. The fourth-order valence-electron chi connectivity index (χ4n) is 2.01. The molecule has 0 aliphatic carbocycles. The van der Waals surface area contributed by atoms with Gasteiger partial charge in [-0.3, -0.25) is 5.43 Å². The molecule has 1 aromatic heterocycles. The zero-order valence-corrected chi connectivity index (χ0v) is 13.9. The van der Waals surface area contributed by atoms with Gasteiger partial charge >= 0.3 is 0 Å². The van der Waals surface area contributed by atoms with Crippen molar-refractivity contribution in [2.24, 2.45) is 5.10 Å². The number of ether oxygens (including phenoxy) is 1. The number of thiazole rings is 1. The summed E-state index contributed by atoms with van der Waals surface area (Å²) in [6, 6.07) is 15.3. The summed E-state index contributed by atoms with van der Waals surface area (Å²) in [6.07, 6.45) is 1.71. The number of nitrogens with one attached hydrogen (secondary N) is 1. The number of hydrogen-bond acceptors (Lipinski definition) is 5. The molecule has 4 nitrogen and oxygen atoms in total. The van der Waals surface area contributed by atoms with Crippen molar-refractivity contribution in [3.05, 3.63) is 64.5 Å². The van der Waals surface area contributed by atoms with Gasteiger partial charge in [0.25, 0.3) is 0 Å². The Balaban J connectivity index is 1.70. The first-order chi connectivity index (χ1) is 11.3. The molecule has 0 atom stereocenters. The molecule has 0 unspecified atom stereocenters. The summed E-state index contributed by atoms with van der Waals surface area (Å²) in [6.45, 7) is 0. The van der Waals surface area contributed by atoms with E-state index in [9.17, 15) is 0 Å². The van der Waals surface area contributed by atoms with Crippen LogP contribution in [0.2, 0.25) is 5.02 Å². The number of halogens is 1. The number of benzene rings is 2. The van der Waals surface area contributed by atoms with Crippen LogP contribution in [0, 0.1) is 0 Å². The molecule has 0 spiro atoms. The minimum Gasteiger partial charge on any atom is -0.496 e. The lowest BCUT2D eigenvalue weighted by molar-refractivity contribution is 0.414. The largest absolute Gasteiger partial charge is 0.496 e. The minimum atomic E-state index is 0.712. The van der Waals surface area contributed by atoms with Crippen LogP contribution in [0.4, 0.5) is 5.13 Å². The van der Waals surface area contributed by atoms with E-state index < -0.39 is 0 Å². The van der Waals surface area contributed by atoms with Crippen LogP contribution in [-0.4, -0.2) is 18.3 Å². The van der Waals surface area contributed by atoms with Gasteiger partial charge in [0.05, 0.1) is 19.0 Å². The monoisotopic (exact) mass is 343 g/mol. The molecule has 0 radical (unpaired) electrons. The molecule has 0 fully saturated rings. The van der Waals surface area contributed by atoms with Gasteiger partial charge in [-0.05, 0) is 24.3 Å². The second-order valence-corrected chi connectivity index (χ2v) is 5.95. The average Bonchev–Trinajstić information content (AvgIpc) is 3.05. The van der Waals surface area contributed by atoms with E-state index in [4.69, 9.17) is 16.3 Å². The Labute approximate surface area is 143 Å². The van der Waals surface area contributed by atoms with Crippen molar-refractivity contribution in [2.75, 3.05) is 12.5 Å². The van der Waals surface area contributed by atoms with Crippen molar-refractivity contribution in [2.45, 2.75) is 0 Å². The van der Waals surface area contributed by atoms with Crippen molar-refractivity contribution < 1.29 is 4.74 Å². The fraction of sp³-hybridized carbons (Fsp3) is 0.0588. The van der Waals surface area contributed by atoms with E-state index in [1.807, 2.05) is 53.9 Å². The van der Waals surface area contributed by atoms with E-state index in [2.05, 4.69) is 15.5 Å². The number of rotatable bonds is 5. The van der Waals surface area contributed by atoms with Gasteiger partial charge in [0, 0.05) is 21.5 Å². The quantitative estimate of drug-likeness (QED) is 0.528. The molecule has 2 aromatic carbocycles. The van der Waals surface area contributed by atoms with Crippen molar-refractivity contribution >= 4 is 34.3 Å². The van der Waals surface area contributed by atoms with Gasteiger partial charge in [0.1, 0.15) is 5.75 Å². The molecule has 0 aliphatic heterocycles. The maximum atomic E-state index is 5.90. The highest BCUT2D eigenvalue weighted by atomic mass is 35.5. The molecule has 3 aromatic rings. The number of nitrogens with zero attached hydrogens (tertiary/aromatic N) is 2. The highest BCUT2D eigenvalue weighted by molar-refractivity contribution is 7.14. The van der Waals surface area contributed by atoms with Crippen LogP contribution in [0.15, 0.2) is 59.0 Å². The molecule has 0 saturated carbocycles. The molecular formula is C17H14ClN3OS. The van der Waals surface area contributed by atoms with Gasteiger partial charge in [0.15, 0.2) is 0 Å². The van der Waals surface area contributed by atoms with E-state index in [-0.39, 0.29) is 0 Å². The summed E-state index contributed by atoms with van der Waals surface area (Å²) in [4.78, 5) is 4.50. The molecule has 0 saturated heterocycles. The molecule has 0 amide bonds. The molecule has 1 N–H and O–H groups in total. The number of anilines is 1. The summed E-state index contributed by atoms with van der Waals surface area (Å²) in [7, 11) is 1.64. The summed E-state index contributed by atoms with van der Waals surface area (Å²) in [5.74, 6) is 0.777. The SMILES string of the molecule is COc1ccccc1C=NNc1nc(-c2ccc(Cl)cc2)cs1. The van der Waals surface area contributed by atoms with Gasteiger partial charge in [-0.1, -0.05) is 35.9 Å². The summed E-state index contributed by atoms with van der Waals surface area (Å²) < 4.78 is 5.28. The Hall–Kier alpha value is -2.37. The smallest absolute Gasteiger partial charge is 0.203 e. The third kappa shape index (κ3) is 3.88. The molecule has 0 aliphatic rings. The standard InChI is InChI=1S/C17H14ClN3OS/c1-22-16-5-3-2-4-13(16)10-19-21-17-20-15(11-23-17)12-6-8-14(18)9-7-12/h2-11H,1H3,(H,20,21). The number of para-hydroxylation sites is 1. The maximum absolute atomic E-state index is 5.90. The third-order valence-electron chi connectivity index (χ3n) is 3.15. The Kier molecular flexibility index (Phi) is 4.90. The predicted molar refractivity (Wildman–Crippen MR) is 96.8 cm³/mol. The molecule has 23 heavy (non-hydrogen) atoms. The van der Waals surface area contributed by atoms with Gasteiger partial charge in [-0.25, -0.2) is 4.98 Å². The van der Waals surface area contributed by atoms with E-state index in [1.165, 1.54) is 11.3 Å². The van der Waals surface area contributed by atoms with Crippen LogP contribution in [0.5, 0.6) is 5.75 Å². The Morgan fingerprint density at radius 3 is 2.74 bits per heavy atom. The summed E-state index contributed by atoms with van der Waals surface area (Å²) in [5.41, 5.74) is 5.75.